The number of aliphatic hydroxyl groups excluding tert-OH is 1. The Hall–Kier alpha value is -2.47. The topological polar surface area (TPSA) is 72.6 Å². The Morgan fingerprint density at radius 1 is 1.33 bits per heavy atom. The molecule has 0 heterocycles. The van der Waals surface area contributed by atoms with E-state index in [4.69, 9.17) is 4.74 Å². The Kier molecular flexibility index (Phi) is 4.49. The molecule has 0 spiro atoms. The van der Waals surface area contributed by atoms with Gasteiger partial charge < -0.3 is 9.84 Å². The fourth-order valence-electron chi connectivity index (χ4n) is 1.91. The lowest BCUT2D eigenvalue weighted by atomic mass is 10.1. The van der Waals surface area contributed by atoms with E-state index in [1.807, 2.05) is 0 Å². The minimum atomic E-state index is -0.898. The third kappa shape index (κ3) is 3.55. The summed E-state index contributed by atoms with van der Waals surface area (Å²) in [5.74, 6) is -0.406. The molecule has 2 aromatic rings. The number of halogens is 1. The monoisotopic (exact) mass is 291 g/mol. The summed E-state index contributed by atoms with van der Waals surface area (Å²) in [7, 11) is 0. The van der Waals surface area contributed by atoms with E-state index < -0.39 is 22.5 Å². The molecular formula is C15H14FNO4. The zero-order valence-corrected chi connectivity index (χ0v) is 11.3. The second-order valence-electron chi connectivity index (χ2n) is 4.55. The Labute approximate surface area is 120 Å². The zero-order valence-electron chi connectivity index (χ0n) is 11.3. The van der Waals surface area contributed by atoms with Gasteiger partial charge >= 0.3 is 5.69 Å². The molecule has 0 aliphatic carbocycles. The molecule has 0 bridgehead atoms. The largest absolute Gasteiger partial charge is 0.489 e. The highest BCUT2D eigenvalue weighted by molar-refractivity contribution is 5.37. The van der Waals surface area contributed by atoms with Crippen LogP contribution in [0.4, 0.5) is 10.1 Å². The molecule has 0 amide bonds. The molecule has 1 atom stereocenters. The number of hydrogen-bond acceptors (Lipinski definition) is 4. The SMILES string of the molecule is C[C@@H](O)c1ccccc1OCc1ccc([N+](=O)[O-])c(F)c1. The van der Waals surface area contributed by atoms with Crippen LogP contribution in [-0.4, -0.2) is 10.0 Å². The fraction of sp³-hybridized carbons (Fsp3) is 0.200. The van der Waals surface area contributed by atoms with Crippen LogP contribution in [0.3, 0.4) is 0 Å². The lowest BCUT2D eigenvalue weighted by Gasteiger charge is -2.13. The average molecular weight is 291 g/mol. The zero-order chi connectivity index (χ0) is 15.4. The molecule has 0 saturated heterocycles. The van der Waals surface area contributed by atoms with Crippen LogP contribution in [0.2, 0.25) is 0 Å². The van der Waals surface area contributed by atoms with Gasteiger partial charge in [0.1, 0.15) is 12.4 Å². The van der Waals surface area contributed by atoms with Crippen LogP contribution in [0, 0.1) is 15.9 Å². The average Bonchev–Trinajstić information content (AvgIpc) is 2.45. The molecule has 5 nitrogen and oxygen atoms in total. The second kappa shape index (κ2) is 6.32. The Morgan fingerprint density at radius 2 is 2.05 bits per heavy atom. The molecule has 1 N–H and O–H groups in total. The van der Waals surface area contributed by atoms with Gasteiger partial charge in [0.15, 0.2) is 0 Å². The maximum Gasteiger partial charge on any atom is 0.304 e. The Morgan fingerprint density at radius 3 is 2.67 bits per heavy atom. The van der Waals surface area contributed by atoms with E-state index in [0.717, 1.165) is 12.1 Å². The van der Waals surface area contributed by atoms with Crippen LogP contribution in [0.15, 0.2) is 42.5 Å². The first kappa shape index (κ1) is 14.9. The number of aliphatic hydroxyl groups is 1. The molecule has 6 heteroatoms. The van der Waals surface area contributed by atoms with E-state index in [1.54, 1.807) is 31.2 Å². The summed E-state index contributed by atoms with van der Waals surface area (Å²) in [6.07, 6.45) is -0.685. The van der Waals surface area contributed by atoms with Crippen LogP contribution in [0.25, 0.3) is 0 Å². The molecule has 110 valence electrons. The van der Waals surface area contributed by atoms with Crippen molar-refractivity contribution >= 4 is 5.69 Å². The highest BCUT2D eigenvalue weighted by atomic mass is 19.1. The van der Waals surface area contributed by atoms with Crippen molar-refractivity contribution in [1.29, 1.82) is 0 Å². The molecule has 0 aromatic heterocycles. The molecule has 0 unspecified atom stereocenters. The highest BCUT2D eigenvalue weighted by Crippen LogP contribution is 2.26. The molecule has 0 aliphatic rings. The van der Waals surface area contributed by atoms with Gasteiger partial charge in [-0.1, -0.05) is 18.2 Å². The van der Waals surface area contributed by atoms with Gasteiger partial charge in [0, 0.05) is 11.6 Å². The Balaban J connectivity index is 2.14. The van der Waals surface area contributed by atoms with Crippen molar-refractivity contribution in [2.24, 2.45) is 0 Å². The van der Waals surface area contributed by atoms with Crippen molar-refractivity contribution in [3.63, 3.8) is 0 Å². The molecule has 21 heavy (non-hydrogen) atoms. The van der Waals surface area contributed by atoms with Crippen molar-refractivity contribution in [3.8, 4) is 5.75 Å². The lowest BCUT2D eigenvalue weighted by Crippen LogP contribution is -2.02. The molecule has 2 aromatic carbocycles. The Bertz CT molecular complexity index is 658. The number of nitrogens with zero attached hydrogens (tertiary/aromatic N) is 1. The van der Waals surface area contributed by atoms with E-state index in [2.05, 4.69) is 0 Å². The van der Waals surface area contributed by atoms with E-state index in [0.29, 0.717) is 16.9 Å². The smallest absolute Gasteiger partial charge is 0.304 e. The van der Waals surface area contributed by atoms with E-state index in [9.17, 15) is 19.6 Å². The number of ether oxygens (including phenoxy) is 1. The second-order valence-corrected chi connectivity index (χ2v) is 4.55. The molecule has 0 aliphatic heterocycles. The number of hydrogen-bond donors (Lipinski definition) is 1. The number of nitro groups is 1. The van der Waals surface area contributed by atoms with E-state index in [-0.39, 0.29) is 6.61 Å². The first-order valence-corrected chi connectivity index (χ1v) is 6.31. The molecule has 2 rings (SSSR count). The third-order valence-corrected chi connectivity index (χ3v) is 2.97. The van der Waals surface area contributed by atoms with Crippen LogP contribution >= 0.6 is 0 Å². The van der Waals surface area contributed by atoms with Crippen molar-refractivity contribution in [3.05, 3.63) is 69.5 Å². The fourth-order valence-corrected chi connectivity index (χ4v) is 1.91. The van der Waals surface area contributed by atoms with Gasteiger partial charge in [-0.2, -0.15) is 4.39 Å². The van der Waals surface area contributed by atoms with Crippen LogP contribution < -0.4 is 4.74 Å². The molecule has 0 radical (unpaired) electrons. The standard InChI is InChI=1S/C15H14FNO4/c1-10(18)12-4-2-3-5-15(12)21-9-11-6-7-14(17(19)20)13(16)8-11/h2-8,10,18H,9H2,1H3/t10-/m1/s1. The summed E-state index contributed by atoms with van der Waals surface area (Å²) in [5.41, 5.74) is 0.529. The first-order valence-electron chi connectivity index (χ1n) is 6.31. The molecule has 0 saturated carbocycles. The van der Waals surface area contributed by atoms with Gasteiger partial charge in [-0.05, 0) is 30.7 Å². The number of nitro benzene ring substituents is 1. The van der Waals surface area contributed by atoms with E-state index in [1.165, 1.54) is 6.07 Å². The summed E-state index contributed by atoms with van der Waals surface area (Å²) in [4.78, 5) is 9.76. The van der Waals surface area contributed by atoms with Gasteiger partial charge in [-0.15, -0.1) is 0 Å². The molecule has 0 fully saturated rings. The summed E-state index contributed by atoms with van der Waals surface area (Å²) < 4.78 is 19.0. The minimum absolute atomic E-state index is 0.0542. The third-order valence-electron chi connectivity index (χ3n) is 2.97. The highest BCUT2D eigenvalue weighted by Gasteiger charge is 2.14. The summed E-state index contributed by atoms with van der Waals surface area (Å²) in [6, 6.07) is 10.6. The van der Waals surface area contributed by atoms with Gasteiger partial charge in [0.25, 0.3) is 0 Å². The number of benzene rings is 2. The predicted octanol–water partition coefficient (Wildman–Crippen LogP) is 3.37. The maximum absolute atomic E-state index is 13.5. The lowest BCUT2D eigenvalue weighted by molar-refractivity contribution is -0.387. The maximum atomic E-state index is 13.5. The minimum Gasteiger partial charge on any atom is -0.489 e. The van der Waals surface area contributed by atoms with Crippen molar-refractivity contribution in [2.75, 3.05) is 0 Å². The quantitative estimate of drug-likeness (QED) is 0.677. The first-order chi connectivity index (χ1) is 9.99. The van der Waals surface area contributed by atoms with Crippen LogP contribution in [0.1, 0.15) is 24.2 Å². The van der Waals surface area contributed by atoms with Gasteiger partial charge in [0.05, 0.1) is 11.0 Å². The van der Waals surface area contributed by atoms with Gasteiger partial charge in [-0.3, -0.25) is 10.1 Å². The van der Waals surface area contributed by atoms with Crippen molar-refractivity contribution in [1.82, 2.24) is 0 Å². The van der Waals surface area contributed by atoms with E-state index >= 15 is 0 Å². The van der Waals surface area contributed by atoms with Crippen molar-refractivity contribution < 1.29 is 19.2 Å². The van der Waals surface area contributed by atoms with Gasteiger partial charge in [0.2, 0.25) is 5.82 Å². The summed E-state index contributed by atoms with van der Waals surface area (Å²) >= 11 is 0. The normalized spacial score (nSPS) is 12.0. The summed E-state index contributed by atoms with van der Waals surface area (Å²) in [5, 5.41) is 20.2. The van der Waals surface area contributed by atoms with Gasteiger partial charge in [-0.25, -0.2) is 0 Å². The van der Waals surface area contributed by atoms with Crippen LogP contribution in [0.5, 0.6) is 5.75 Å². The molecular weight excluding hydrogens is 277 g/mol. The number of rotatable bonds is 5. The predicted molar refractivity (Wildman–Crippen MR) is 74.5 cm³/mol. The number of para-hydroxylation sites is 1. The summed E-state index contributed by atoms with van der Waals surface area (Å²) in [6.45, 7) is 1.67. The van der Waals surface area contributed by atoms with Crippen molar-refractivity contribution in [2.45, 2.75) is 19.6 Å². The van der Waals surface area contributed by atoms with Crippen LogP contribution in [-0.2, 0) is 6.61 Å².